The molecule has 0 aliphatic carbocycles. The topological polar surface area (TPSA) is 78.9 Å². The van der Waals surface area contributed by atoms with Crippen LogP contribution in [0.4, 0.5) is 0 Å². The van der Waals surface area contributed by atoms with Gasteiger partial charge in [-0.3, -0.25) is 14.4 Å². The molecule has 65 heavy (non-hydrogen) atoms. The molecule has 6 heteroatoms. The lowest BCUT2D eigenvalue weighted by Gasteiger charge is -2.18. The van der Waals surface area contributed by atoms with Crippen LogP contribution in [-0.4, -0.2) is 37.2 Å². The van der Waals surface area contributed by atoms with Gasteiger partial charge in [0.05, 0.1) is 0 Å². The number of esters is 3. The minimum absolute atomic E-state index is 0.104. The van der Waals surface area contributed by atoms with E-state index >= 15 is 0 Å². The van der Waals surface area contributed by atoms with Crippen LogP contribution in [-0.2, 0) is 28.6 Å². The molecule has 0 radical (unpaired) electrons. The van der Waals surface area contributed by atoms with Crippen molar-refractivity contribution in [3.63, 3.8) is 0 Å². The zero-order valence-electron chi connectivity index (χ0n) is 42.2. The molecule has 0 aromatic carbocycles. The molecule has 0 aromatic rings. The summed E-state index contributed by atoms with van der Waals surface area (Å²) in [5, 5.41) is 0. The van der Waals surface area contributed by atoms with Crippen LogP contribution >= 0.6 is 0 Å². The summed E-state index contributed by atoms with van der Waals surface area (Å²) >= 11 is 0. The normalized spacial score (nSPS) is 12.8. The van der Waals surface area contributed by atoms with E-state index in [4.69, 9.17) is 14.2 Å². The van der Waals surface area contributed by atoms with Gasteiger partial charge in [-0.15, -0.1) is 0 Å². The van der Waals surface area contributed by atoms with Gasteiger partial charge in [0.1, 0.15) is 13.2 Å². The van der Waals surface area contributed by atoms with Crippen LogP contribution in [0.25, 0.3) is 0 Å². The average Bonchev–Trinajstić information content (AvgIpc) is 3.30. The highest BCUT2D eigenvalue weighted by atomic mass is 16.6. The Labute approximate surface area is 400 Å². The standard InChI is InChI=1S/C59H98O6/c1-4-7-10-13-16-19-22-25-27-29-30-31-33-34-37-40-43-46-49-52-58(61)64-55-56(54-63-57(60)51-48-45-42-39-36-24-21-18-15-12-9-6-3)65-59(62)53-50-47-44-41-38-35-32-28-26-23-20-17-14-11-8-5-2/h7,10,16,18-19,21,25,27-28,30-32,34-35,37-38,56H,4-6,8-9,11-15,17,20,22-24,26,29,33,36,39-55H2,1-3H3/b10-7-,19-16-,21-18-,27-25-,31-30-,32-28-,37-34-,38-35-. The minimum Gasteiger partial charge on any atom is -0.462 e. The first kappa shape index (κ1) is 61.3. The summed E-state index contributed by atoms with van der Waals surface area (Å²) in [5.74, 6) is -0.975. The second-order valence-electron chi connectivity index (χ2n) is 17.4. The number of unbranched alkanes of at least 4 members (excludes halogenated alkanes) is 21. The van der Waals surface area contributed by atoms with Gasteiger partial charge in [0.2, 0.25) is 0 Å². The fraction of sp³-hybridized carbons (Fsp3) is 0.678. The molecule has 6 nitrogen and oxygen atoms in total. The third-order valence-corrected chi connectivity index (χ3v) is 11.1. The Hall–Kier alpha value is -3.67. The van der Waals surface area contributed by atoms with Crippen molar-refractivity contribution in [3.05, 3.63) is 97.2 Å². The number of hydrogen-bond donors (Lipinski definition) is 0. The number of rotatable bonds is 47. The molecular weight excluding hydrogens is 805 g/mol. The number of hydrogen-bond acceptors (Lipinski definition) is 6. The minimum atomic E-state index is -0.809. The Morgan fingerprint density at radius 3 is 1.09 bits per heavy atom. The van der Waals surface area contributed by atoms with Gasteiger partial charge in [-0.2, -0.15) is 0 Å². The van der Waals surface area contributed by atoms with Gasteiger partial charge in [0, 0.05) is 19.3 Å². The lowest BCUT2D eigenvalue weighted by atomic mass is 10.1. The SMILES string of the molecule is CC/C=C\C/C=C\C/C=C\C/C=C\C/C=C\CCCCCC(=O)OCC(COC(=O)CCCCCCC/C=C\CCCCC)OC(=O)CCCCC/C=C\C=C/CCCCCCCCC. The van der Waals surface area contributed by atoms with E-state index in [0.717, 1.165) is 122 Å². The maximum atomic E-state index is 12.8. The fourth-order valence-corrected chi connectivity index (χ4v) is 7.04. The van der Waals surface area contributed by atoms with Crippen molar-refractivity contribution in [1.29, 1.82) is 0 Å². The van der Waals surface area contributed by atoms with Crippen molar-refractivity contribution in [2.24, 2.45) is 0 Å². The van der Waals surface area contributed by atoms with Crippen molar-refractivity contribution in [2.75, 3.05) is 13.2 Å². The van der Waals surface area contributed by atoms with Gasteiger partial charge in [-0.1, -0.05) is 201 Å². The quantitative estimate of drug-likeness (QED) is 0.0199. The molecule has 0 aliphatic rings. The average molecular weight is 903 g/mol. The maximum Gasteiger partial charge on any atom is 0.306 e. The number of carbonyl (C=O) groups is 3. The van der Waals surface area contributed by atoms with E-state index in [1.807, 2.05) is 0 Å². The first-order valence-electron chi connectivity index (χ1n) is 26.8. The van der Waals surface area contributed by atoms with Crippen molar-refractivity contribution in [3.8, 4) is 0 Å². The molecule has 1 atom stereocenters. The molecule has 0 rings (SSSR count). The molecular formula is C59H98O6. The van der Waals surface area contributed by atoms with Crippen molar-refractivity contribution >= 4 is 17.9 Å². The second-order valence-corrected chi connectivity index (χ2v) is 17.4. The molecule has 0 saturated heterocycles. The van der Waals surface area contributed by atoms with E-state index in [-0.39, 0.29) is 37.5 Å². The molecule has 1 unspecified atom stereocenters. The molecule has 0 aromatic heterocycles. The second kappa shape index (κ2) is 52.9. The van der Waals surface area contributed by atoms with Gasteiger partial charge in [-0.05, 0) is 116 Å². The highest BCUT2D eigenvalue weighted by Gasteiger charge is 2.19. The van der Waals surface area contributed by atoms with E-state index in [1.54, 1.807) is 0 Å². The largest absolute Gasteiger partial charge is 0.462 e. The Kier molecular flexibility index (Phi) is 50.0. The first-order chi connectivity index (χ1) is 32.0. The number of allylic oxidation sites excluding steroid dienone is 16. The van der Waals surface area contributed by atoms with Crippen molar-refractivity contribution in [2.45, 2.75) is 245 Å². The predicted octanol–water partition coefficient (Wildman–Crippen LogP) is 17.8. The van der Waals surface area contributed by atoms with Gasteiger partial charge >= 0.3 is 17.9 Å². The van der Waals surface area contributed by atoms with Crippen LogP contribution in [0.1, 0.15) is 239 Å². The van der Waals surface area contributed by atoms with Crippen molar-refractivity contribution in [1.82, 2.24) is 0 Å². The molecule has 0 saturated carbocycles. The Balaban J connectivity index is 4.50. The summed E-state index contributed by atoms with van der Waals surface area (Å²) in [4.78, 5) is 38.0. The van der Waals surface area contributed by atoms with Crippen LogP contribution in [0.15, 0.2) is 97.2 Å². The number of ether oxygens (including phenoxy) is 3. The Bertz CT molecular complexity index is 1310. The van der Waals surface area contributed by atoms with E-state index < -0.39 is 6.10 Å². The molecule has 0 fully saturated rings. The zero-order chi connectivity index (χ0) is 47.2. The van der Waals surface area contributed by atoms with Crippen LogP contribution < -0.4 is 0 Å². The van der Waals surface area contributed by atoms with Crippen LogP contribution in [0.2, 0.25) is 0 Å². The molecule has 0 amide bonds. The molecule has 0 heterocycles. The summed E-state index contributed by atoms with van der Waals surface area (Å²) < 4.78 is 16.8. The van der Waals surface area contributed by atoms with Gasteiger partial charge in [0.25, 0.3) is 0 Å². The van der Waals surface area contributed by atoms with E-state index in [0.29, 0.717) is 12.8 Å². The lowest BCUT2D eigenvalue weighted by Crippen LogP contribution is -2.30. The smallest absolute Gasteiger partial charge is 0.306 e. The monoisotopic (exact) mass is 903 g/mol. The van der Waals surface area contributed by atoms with Crippen LogP contribution in [0.3, 0.4) is 0 Å². The maximum absolute atomic E-state index is 12.8. The van der Waals surface area contributed by atoms with Gasteiger partial charge in [0.15, 0.2) is 6.10 Å². The van der Waals surface area contributed by atoms with Gasteiger partial charge in [-0.25, -0.2) is 0 Å². The summed E-state index contributed by atoms with van der Waals surface area (Å²) in [5.41, 5.74) is 0. The molecule has 370 valence electrons. The van der Waals surface area contributed by atoms with E-state index in [1.165, 1.54) is 77.0 Å². The highest BCUT2D eigenvalue weighted by molar-refractivity contribution is 5.71. The van der Waals surface area contributed by atoms with Gasteiger partial charge < -0.3 is 14.2 Å². The fourth-order valence-electron chi connectivity index (χ4n) is 7.04. The third kappa shape index (κ3) is 51.2. The lowest BCUT2D eigenvalue weighted by molar-refractivity contribution is -0.167. The number of carbonyl (C=O) groups excluding carboxylic acids is 3. The summed E-state index contributed by atoms with van der Waals surface area (Å²) in [6, 6.07) is 0. The van der Waals surface area contributed by atoms with Crippen LogP contribution in [0, 0.1) is 0 Å². The molecule has 0 spiro atoms. The third-order valence-electron chi connectivity index (χ3n) is 11.1. The predicted molar refractivity (Wildman–Crippen MR) is 279 cm³/mol. The molecule has 0 bridgehead atoms. The van der Waals surface area contributed by atoms with E-state index in [9.17, 15) is 14.4 Å². The van der Waals surface area contributed by atoms with Crippen molar-refractivity contribution < 1.29 is 28.6 Å². The Morgan fingerprint density at radius 2 is 0.646 bits per heavy atom. The summed E-state index contributed by atoms with van der Waals surface area (Å²) in [7, 11) is 0. The molecule has 0 aliphatic heterocycles. The Morgan fingerprint density at radius 1 is 0.338 bits per heavy atom. The summed E-state index contributed by atoms with van der Waals surface area (Å²) in [6.45, 7) is 6.43. The summed E-state index contributed by atoms with van der Waals surface area (Å²) in [6.07, 6.45) is 69.6. The first-order valence-corrected chi connectivity index (χ1v) is 26.8. The van der Waals surface area contributed by atoms with E-state index in [2.05, 4.69) is 118 Å². The zero-order valence-corrected chi connectivity index (χ0v) is 42.2. The van der Waals surface area contributed by atoms with Crippen LogP contribution in [0.5, 0.6) is 0 Å². The molecule has 0 N–H and O–H groups in total. The highest BCUT2D eigenvalue weighted by Crippen LogP contribution is 2.13.